The molecule has 0 amide bonds. The summed E-state index contributed by atoms with van der Waals surface area (Å²) in [5, 5.41) is 9.98. The van der Waals surface area contributed by atoms with Crippen molar-refractivity contribution >= 4 is 11.6 Å². The van der Waals surface area contributed by atoms with E-state index in [9.17, 15) is 5.11 Å². The molecule has 1 N–H and O–H groups in total. The smallest absolute Gasteiger partial charge is 0.143 e. The highest BCUT2D eigenvalue weighted by atomic mass is 35.5. The zero-order valence-corrected chi connectivity index (χ0v) is 8.72. The highest BCUT2D eigenvalue weighted by molar-refractivity contribution is 6.32. The topological polar surface area (TPSA) is 29.5 Å². The van der Waals surface area contributed by atoms with Gasteiger partial charge in [0.15, 0.2) is 0 Å². The Labute approximate surface area is 83.1 Å². The van der Waals surface area contributed by atoms with Crippen molar-refractivity contribution in [2.75, 3.05) is 7.11 Å². The zero-order valence-electron chi connectivity index (χ0n) is 7.97. The molecule has 0 saturated heterocycles. The van der Waals surface area contributed by atoms with Crippen LogP contribution >= 0.6 is 11.6 Å². The fraction of sp³-hybridized carbons (Fsp3) is 0.400. The molecule has 1 aromatic carbocycles. The van der Waals surface area contributed by atoms with Gasteiger partial charge in [0.25, 0.3) is 0 Å². The molecule has 3 heteroatoms. The van der Waals surface area contributed by atoms with E-state index in [1.807, 2.05) is 19.1 Å². The number of aliphatic hydroxyl groups excluding tert-OH is 1. The van der Waals surface area contributed by atoms with E-state index in [1.54, 1.807) is 14.0 Å². The molecule has 0 aromatic heterocycles. The first kappa shape index (κ1) is 10.4. The third-order valence-electron chi connectivity index (χ3n) is 1.97. The molecule has 1 atom stereocenters. The van der Waals surface area contributed by atoms with Gasteiger partial charge in [-0.1, -0.05) is 23.7 Å². The standard InChI is InChI=1S/C10H13ClO2/c1-6-4-5-8(7(2)12)10(13-3)9(6)11/h4-5,7,12H,1-3H3. The fourth-order valence-corrected chi connectivity index (χ4v) is 1.46. The lowest BCUT2D eigenvalue weighted by atomic mass is 10.1. The molecule has 2 nitrogen and oxygen atoms in total. The maximum atomic E-state index is 9.41. The van der Waals surface area contributed by atoms with Gasteiger partial charge in [-0.3, -0.25) is 0 Å². The Kier molecular flexibility index (Phi) is 3.17. The molecule has 1 rings (SSSR count). The van der Waals surface area contributed by atoms with E-state index in [1.165, 1.54) is 0 Å². The Hall–Kier alpha value is -0.730. The third-order valence-corrected chi connectivity index (χ3v) is 2.44. The summed E-state index contributed by atoms with van der Waals surface area (Å²) >= 11 is 6.01. The first-order valence-electron chi connectivity index (χ1n) is 4.09. The van der Waals surface area contributed by atoms with Crippen LogP contribution in [0.4, 0.5) is 0 Å². The second-order valence-electron chi connectivity index (χ2n) is 2.99. The summed E-state index contributed by atoms with van der Waals surface area (Å²) in [5.74, 6) is 0.566. The molecule has 0 aliphatic heterocycles. The van der Waals surface area contributed by atoms with Gasteiger partial charge >= 0.3 is 0 Å². The van der Waals surface area contributed by atoms with Crippen molar-refractivity contribution < 1.29 is 9.84 Å². The molecule has 1 unspecified atom stereocenters. The Balaban J connectivity index is 3.30. The van der Waals surface area contributed by atoms with Crippen LogP contribution in [0.25, 0.3) is 0 Å². The van der Waals surface area contributed by atoms with Crippen LogP contribution in [0.15, 0.2) is 12.1 Å². The van der Waals surface area contributed by atoms with Crippen LogP contribution in [0.1, 0.15) is 24.2 Å². The van der Waals surface area contributed by atoms with Crippen LogP contribution in [0, 0.1) is 6.92 Å². The lowest BCUT2D eigenvalue weighted by Crippen LogP contribution is -1.98. The van der Waals surface area contributed by atoms with Crippen molar-refractivity contribution in [1.29, 1.82) is 0 Å². The normalized spacial score (nSPS) is 12.7. The predicted molar refractivity (Wildman–Crippen MR) is 53.4 cm³/mol. The highest BCUT2D eigenvalue weighted by Gasteiger charge is 2.13. The summed E-state index contributed by atoms with van der Waals surface area (Å²) in [5.41, 5.74) is 1.67. The minimum absolute atomic E-state index is 0.562. The lowest BCUT2D eigenvalue weighted by Gasteiger charge is -2.13. The van der Waals surface area contributed by atoms with Gasteiger partial charge in [-0.25, -0.2) is 0 Å². The number of aliphatic hydroxyl groups is 1. The number of hydrogen-bond donors (Lipinski definition) is 1. The number of hydrogen-bond acceptors (Lipinski definition) is 2. The average molecular weight is 201 g/mol. The molecular formula is C10H13ClO2. The van der Waals surface area contributed by atoms with Gasteiger partial charge in [0.2, 0.25) is 0 Å². The molecule has 72 valence electrons. The highest BCUT2D eigenvalue weighted by Crippen LogP contribution is 2.34. The fourth-order valence-electron chi connectivity index (χ4n) is 1.21. The summed E-state index contributed by atoms with van der Waals surface area (Å²) in [6.45, 7) is 3.58. The number of rotatable bonds is 2. The number of aryl methyl sites for hydroxylation is 1. The maximum Gasteiger partial charge on any atom is 0.143 e. The second kappa shape index (κ2) is 3.99. The minimum Gasteiger partial charge on any atom is -0.495 e. The molecule has 0 aliphatic carbocycles. The molecule has 0 fully saturated rings. The maximum absolute atomic E-state index is 9.41. The van der Waals surface area contributed by atoms with Crippen LogP contribution in [-0.2, 0) is 0 Å². The quantitative estimate of drug-likeness (QED) is 0.796. The molecule has 0 radical (unpaired) electrons. The SMILES string of the molecule is COc1c(C(C)O)ccc(C)c1Cl. The van der Waals surface area contributed by atoms with E-state index >= 15 is 0 Å². The van der Waals surface area contributed by atoms with E-state index in [-0.39, 0.29) is 0 Å². The predicted octanol–water partition coefficient (Wildman–Crippen LogP) is 2.71. The zero-order chi connectivity index (χ0) is 10.0. The Bertz CT molecular complexity index is 308. The summed E-state index contributed by atoms with van der Waals surface area (Å²) < 4.78 is 5.13. The molecule has 0 heterocycles. The lowest BCUT2D eigenvalue weighted by molar-refractivity contribution is 0.194. The molecule has 1 aromatic rings. The van der Waals surface area contributed by atoms with Gasteiger partial charge in [-0.05, 0) is 19.4 Å². The summed E-state index contributed by atoms with van der Waals surface area (Å²) in [6.07, 6.45) is -0.562. The van der Waals surface area contributed by atoms with Gasteiger partial charge in [-0.15, -0.1) is 0 Å². The van der Waals surface area contributed by atoms with Crippen molar-refractivity contribution in [3.05, 3.63) is 28.3 Å². The van der Waals surface area contributed by atoms with Crippen molar-refractivity contribution in [2.45, 2.75) is 20.0 Å². The molecule has 0 aliphatic rings. The molecule has 0 spiro atoms. The van der Waals surface area contributed by atoms with E-state index in [0.717, 1.165) is 11.1 Å². The van der Waals surface area contributed by atoms with Gasteiger partial charge in [0.1, 0.15) is 5.75 Å². The number of benzene rings is 1. The number of halogens is 1. The number of ether oxygens (including phenoxy) is 1. The summed E-state index contributed by atoms with van der Waals surface area (Å²) in [4.78, 5) is 0. The van der Waals surface area contributed by atoms with Crippen LogP contribution in [0.3, 0.4) is 0 Å². The third kappa shape index (κ3) is 1.95. The van der Waals surface area contributed by atoms with Crippen LogP contribution in [0.5, 0.6) is 5.75 Å². The number of methoxy groups -OCH3 is 1. The van der Waals surface area contributed by atoms with E-state index in [4.69, 9.17) is 16.3 Å². The van der Waals surface area contributed by atoms with Crippen LogP contribution in [0.2, 0.25) is 5.02 Å². The van der Waals surface area contributed by atoms with Crippen molar-refractivity contribution in [1.82, 2.24) is 0 Å². The summed E-state index contributed by atoms with van der Waals surface area (Å²) in [6, 6.07) is 3.69. The van der Waals surface area contributed by atoms with Crippen molar-refractivity contribution in [2.24, 2.45) is 0 Å². The monoisotopic (exact) mass is 200 g/mol. The molecular weight excluding hydrogens is 188 g/mol. The second-order valence-corrected chi connectivity index (χ2v) is 3.37. The first-order chi connectivity index (χ1) is 6.07. The Morgan fingerprint density at radius 3 is 2.54 bits per heavy atom. The average Bonchev–Trinajstić information content (AvgIpc) is 2.09. The first-order valence-corrected chi connectivity index (χ1v) is 4.46. The van der Waals surface area contributed by atoms with E-state index in [2.05, 4.69) is 0 Å². The van der Waals surface area contributed by atoms with Gasteiger partial charge in [-0.2, -0.15) is 0 Å². The van der Waals surface area contributed by atoms with E-state index in [0.29, 0.717) is 10.8 Å². The molecule has 13 heavy (non-hydrogen) atoms. The van der Waals surface area contributed by atoms with Gasteiger partial charge in [0.05, 0.1) is 18.2 Å². The largest absolute Gasteiger partial charge is 0.495 e. The van der Waals surface area contributed by atoms with Gasteiger partial charge in [0, 0.05) is 5.56 Å². The minimum atomic E-state index is -0.562. The van der Waals surface area contributed by atoms with E-state index < -0.39 is 6.10 Å². The van der Waals surface area contributed by atoms with Crippen molar-refractivity contribution in [3.63, 3.8) is 0 Å². The Morgan fingerprint density at radius 2 is 2.08 bits per heavy atom. The Morgan fingerprint density at radius 1 is 1.46 bits per heavy atom. The molecule has 0 bridgehead atoms. The molecule has 0 saturated carbocycles. The van der Waals surface area contributed by atoms with Gasteiger partial charge < -0.3 is 9.84 Å². The summed E-state index contributed by atoms with van der Waals surface area (Å²) in [7, 11) is 1.55. The van der Waals surface area contributed by atoms with Crippen LogP contribution in [-0.4, -0.2) is 12.2 Å². The van der Waals surface area contributed by atoms with Crippen molar-refractivity contribution in [3.8, 4) is 5.75 Å². The van der Waals surface area contributed by atoms with Crippen LogP contribution < -0.4 is 4.74 Å².